The highest BCUT2D eigenvalue weighted by Crippen LogP contribution is 2.16. The van der Waals surface area contributed by atoms with Crippen LogP contribution in [0.3, 0.4) is 0 Å². The van der Waals surface area contributed by atoms with Crippen molar-refractivity contribution in [2.45, 2.75) is 115 Å². The molecule has 1 aliphatic rings. The van der Waals surface area contributed by atoms with Crippen LogP contribution in [0.5, 0.6) is 0 Å². The van der Waals surface area contributed by atoms with Crippen molar-refractivity contribution in [1.82, 2.24) is 0 Å². The van der Waals surface area contributed by atoms with Gasteiger partial charge in [0.1, 0.15) is 31.0 Å². The van der Waals surface area contributed by atoms with E-state index in [1.165, 1.54) is 77.0 Å². The van der Waals surface area contributed by atoms with E-state index in [2.05, 4.69) is 6.92 Å². The van der Waals surface area contributed by atoms with Crippen LogP contribution in [0.1, 0.15) is 90.4 Å². The minimum absolute atomic E-state index is 0.0226. The number of aliphatic hydroxyl groups is 3. The zero-order valence-electron chi connectivity index (χ0n) is 17.2. The molecule has 0 spiro atoms. The van der Waals surface area contributed by atoms with E-state index in [0.29, 0.717) is 0 Å². The van der Waals surface area contributed by atoms with E-state index in [1.807, 2.05) is 6.08 Å². The van der Waals surface area contributed by atoms with Gasteiger partial charge in [-0.25, -0.2) is 0 Å². The van der Waals surface area contributed by atoms with Crippen LogP contribution in [0.4, 0.5) is 0 Å². The summed E-state index contributed by atoms with van der Waals surface area (Å²) in [7, 11) is 0. The van der Waals surface area contributed by atoms with Gasteiger partial charge in [-0.2, -0.15) is 0 Å². The molecule has 0 amide bonds. The monoisotopic (exact) mass is 386 g/mol. The summed E-state index contributed by atoms with van der Waals surface area (Å²) in [4.78, 5) is 0. The second kappa shape index (κ2) is 16.3. The van der Waals surface area contributed by atoms with Crippen molar-refractivity contribution in [2.75, 3.05) is 13.2 Å². The molecule has 0 unspecified atom stereocenters. The fourth-order valence-electron chi connectivity index (χ4n) is 3.40. The van der Waals surface area contributed by atoms with Gasteiger partial charge in [0.05, 0.1) is 12.9 Å². The maximum Gasteiger partial charge on any atom is 0.120 e. The van der Waals surface area contributed by atoms with Gasteiger partial charge in [-0.05, 0) is 18.9 Å². The summed E-state index contributed by atoms with van der Waals surface area (Å²) in [6.07, 6.45) is 16.9. The molecule has 5 heteroatoms. The van der Waals surface area contributed by atoms with Gasteiger partial charge in [0, 0.05) is 0 Å². The lowest BCUT2D eigenvalue weighted by Crippen LogP contribution is -2.54. The van der Waals surface area contributed by atoms with Crippen molar-refractivity contribution < 1.29 is 24.8 Å². The standard InChI is InChI=1S/C22H42O5/c1-2-3-4-5-6-7-8-9-10-11-12-13-14-15-16-26-18-20-22(25)21(24)19(23)17-27-20/h15-16,19-25H,2-14,17-18H2,1H3/b16-15+/t19-,20+,21+,22+/m0/s1. The second-order valence-electron chi connectivity index (χ2n) is 7.80. The summed E-state index contributed by atoms with van der Waals surface area (Å²) in [5.41, 5.74) is 0. The molecule has 4 atom stereocenters. The Morgan fingerprint density at radius 1 is 0.815 bits per heavy atom. The third-order valence-electron chi connectivity index (χ3n) is 5.28. The van der Waals surface area contributed by atoms with Crippen LogP contribution in [-0.4, -0.2) is 52.9 Å². The molecule has 1 heterocycles. The van der Waals surface area contributed by atoms with E-state index >= 15 is 0 Å². The Kier molecular flexibility index (Phi) is 14.8. The summed E-state index contributed by atoms with van der Waals surface area (Å²) in [5, 5.41) is 28.8. The Morgan fingerprint density at radius 3 is 1.96 bits per heavy atom. The molecular formula is C22H42O5. The van der Waals surface area contributed by atoms with Crippen LogP contribution >= 0.6 is 0 Å². The van der Waals surface area contributed by atoms with Gasteiger partial charge in [-0.3, -0.25) is 0 Å². The van der Waals surface area contributed by atoms with Crippen LogP contribution in [0.2, 0.25) is 0 Å². The molecule has 1 saturated heterocycles. The maximum absolute atomic E-state index is 9.79. The van der Waals surface area contributed by atoms with Crippen molar-refractivity contribution in [2.24, 2.45) is 0 Å². The third-order valence-corrected chi connectivity index (χ3v) is 5.28. The molecule has 1 aliphatic heterocycles. The molecule has 0 aromatic carbocycles. The average Bonchev–Trinajstić information content (AvgIpc) is 2.67. The van der Waals surface area contributed by atoms with E-state index in [9.17, 15) is 15.3 Å². The minimum atomic E-state index is -1.17. The first kappa shape index (κ1) is 24.4. The summed E-state index contributed by atoms with van der Waals surface area (Å²) < 4.78 is 10.7. The van der Waals surface area contributed by atoms with Crippen molar-refractivity contribution in [3.05, 3.63) is 12.3 Å². The van der Waals surface area contributed by atoms with E-state index in [1.54, 1.807) is 6.26 Å². The first-order chi connectivity index (χ1) is 13.2. The Bertz CT molecular complexity index is 361. The zero-order chi connectivity index (χ0) is 19.7. The summed E-state index contributed by atoms with van der Waals surface area (Å²) >= 11 is 0. The fourth-order valence-corrected chi connectivity index (χ4v) is 3.40. The van der Waals surface area contributed by atoms with Crippen molar-refractivity contribution >= 4 is 0 Å². The number of aliphatic hydroxyl groups excluding tert-OH is 3. The molecule has 1 rings (SSSR count). The highest BCUT2D eigenvalue weighted by molar-refractivity contribution is 4.87. The van der Waals surface area contributed by atoms with Gasteiger partial charge in [0.2, 0.25) is 0 Å². The molecule has 0 radical (unpaired) electrons. The number of ether oxygens (including phenoxy) is 2. The normalized spacial score (nSPS) is 25.9. The van der Waals surface area contributed by atoms with Crippen molar-refractivity contribution in [3.63, 3.8) is 0 Å². The first-order valence-corrected chi connectivity index (χ1v) is 11.1. The van der Waals surface area contributed by atoms with Crippen molar-refractivity contribution in [3.8, 4) is 0 Å². The highest BCUT2D eigenvalue weighted by atomic mass is 16.6. The maximum atomic E-state index is 9.79. The number of unbranched alkanes of at least 4 members (excludes halogenated alkanes) is 12. The zero-order valence-corrected chi connectivity index (χ0v) is 17.2. The van der Waals surface area contributed by atoms with Gasteiger partial charge < -0.3 is 24.8 Å². The first-order valence-electron chi connectivity index (χ1n) is 11.1. The number of allylic oxidation sites excluding steroid dienone is 1. The number of hydrogen-bond donors (Lipinski definition) is 3. The molecule has 0 aromatic rings. The predicted molar refractivity (Wildman–Crippen MR) is 109 cm³/mol. The average molecular weight is 387 g/mol. The van der Waals surface area contributed by atoms with E-state index in [4.69, 9.17) is 9.47 Å². The molecule has 0 aromatic heterocycles. The number of rotatable bonds is 16. The van der Waals surface area contributed by atoms with Crippen LogP contribution in [0.25, 0.3) is 0 Å². The minimum Gasteiger partial charge on any atom is -0.499 e. The lowest BCUT2D eigenvalue weighted by atomic mass is 10.0. The molecular weight excluding hydrogens is 344 g/mol. The molecule has 1 fully saturated rings. The van der Waals surface area contributed by atoms with Crippen LogP contribution < -0.4 is 0 Å². The highest BCUT2D eigenvalue weighted by Gasteiger charge is 2.37. The Balaban J connectivity index is 1.84. The molecule has 5 nitrogen and oxygen atoms in total. The van der Waals surface area contributed by atoms with Gasteiger partial charge in [0.15, 0.2) is 0 Å². The molecule has 3 N–H and O–H groups in total. The summed E-state index contributed by atoms with van der Waals surface area (Å²) in [6, 6.07) is 0. The molecule has 0 saturated carbocycles. The van der Waals surface area contributed by atoms with E-state index in [0.717, 1.165) is 6.42 Å². The Hall–Kier alpha value is -0.620. The largest absolute Gasteiger partial charge is 0.499 e. The van der Waals surface area contributed by atoms with Gasteiger partial charge >= 0.3 is 0 Å². The lowest BCUT2D eigenvalue weighted by Gasteiger charge is -2.34. The molecule has 0 bridgehead atoms. The van der Waals surface area contributed by atoms with Crippen molar-refractivity contribution in [1.29, 1.82) is 0 Å². The number of hydrogen-bond acceptors (Lipinski definition) is 5. The van der Waals surface area contributed by atoms with E-state index < -0.39 is 24.4 Å². The fraction of sp³-hybridized carbons (Fsp3) is 0.909. The lowest BCUT2D eigenvalue weighted by molar-refractivity contribution is -0.195. The molecule has 0 aliphatic carbocycles. The molecule has 160 valence electrons. The van der Waals surface area contributed by atoms with Crippen LogP contribution in [-0.2, 0) is 9.47 Å². The molecule has 27 heavy (non-hydrogen) atoms. The van der Waals surface area contributed by atoms with Gasteiger partial charge in [-0.1, -0.05) is 77.6 Å². The summed E-state index contributed by atoms with van der Waals surface area (Å²) in [5.74, 6) is 0. The predicted octanol–water partition coefficient (Wildman–Crippen LogP) is 4.09. The quantitative estimate of drug-likeness (QED) is 0.275. The second-order valence-corrected chi connectivity index (χ2v) is 7.80. The Morgan fingerprint density at radius 2 is 1.37 bits per heavy atom. The van der Waals surface area contributed by atoms with Gasteiger partial charge in [0.25, 0.3) is 0 Å². The summed E-state index contributed by atoms with van der Waals surface area (Å²) in [6.45, 7) is 2.47. The van der Waals surface area contributed by atoms with Crippen LogP contribution in [0, 0.1) is 0 Å². The third kappa shape index (κ3) is 11.7. The van der Waals surface area contributed by atoms with Crippen LogP contribution in [0.15, 0.2) is 12.3 Å². The topological polar surface area (TPSA) is 79.2 Å². The van der Waals surface area contributed by atoms with E-state index in [-0.39, 0.29) is 13.2 Å². The SMILES string of the molecule is CCCCCCCCCCCCCC/C=C/OC[C@H]1OC[C@H](O)[C@@H](O)[C@@H]1O. The Labute approximate surface area is 165 Å². The van der Waals surface area contributed by atoms with Gasteiger partial charge in [-0.15, -0.1) is 0 Å². The smallest absolute Gasteiger partial charge is 0.120 e.